The van der Waals surface area contributed by atoms with Gasteiger partial charge in [-0.3, -0.25) is 19.3 Å². The lowest BCUT2D eigenvalue weighted by Gasteiger charge is -2.10. The summed E-state index contributed by atoms with van der Waals surface area (Å²) in [5.41, 5.74) is 0.319. The van der Waals surface area contributed by atoms with Gasteiger partial charge in [-0.1, -0.05) is 0 Å². The largest absolute Gasteiger partial charge is 0.478 e. The van der Waals surface area contributed by atoms with E-state index >= 15 is 0 Å². The summed E-state index contributed by atoms with van der Waals surface area (Å²) >= 11 is 1.21. The SMILES string of the molecule is CN1C(=O)CC(NC(=O)c2csc(C=CC(=O)O)c2)C1=O. The molecule has 2 heterocycles. The van der Waals surface area contributed by atoms with E-state index < -0.39 is 23.8 Å². The molecule has 2 N–H and O–H groups in total. The maximum Gasteiger partial charge on any atom is 0.328 e. The van der Waals surface area contributed by atoms with Crippen LogP contribution >= 0.6 is 11.3 Å². The Bertz CT molecular complexity index is 649. The van der Waals surface area contributed by atoms with E-state index in [0.717, 1.165) is 11.0 Å². The average molecular weight is 308 g/mol. The van der Waals surface area contributed by atoms with Crippen molar-refractivity contribution in [3.05, 3.63) is 28.0 Å². The predicted octanol–water partition coefficient (Wildman–Crippen LogP) is 0.333. The highest BCUT2D eigenvalue weighted by Crippen LogP contribution is 2.17. The number of carbonyl (C=O) groups is 4. The molecule has 1 atom stereocenters. The van der Waals surface area contributed by atoms with E-state index in [1.807, 2.05) is 0 Å². The molecule has 0 saturated carbocycles. The molecule has 1 fully saturated rings. The number of hydrogen-bond acceptors (Lipinski definition) is 5. The Balaban J connectivity index is 2.03. The van der Waals surface area contributed by atoms with Gasteiger partial charge in [-0.15, -0.1) is 11.3 Å². The summed E-state index contributed by atoms with van der Waals surface area (Å²) in [5.74, 6) is -2.31. The molecule has 0 bridgehead atoms. The van der Waals surface area contributed by atoms with Gasteiger partial charge in [-0.2, -0.15) is 0 Å². The molecule has 0 spiro atoms. The molecule has 1 aliphatic rings. The summed E-state index contributed by atoms with van der Waals surface area (Å²) in [7, 11) is 1.37. The van der Waals surface area contributed by atoms with Gasteiger partial charge in [0.05, 0.1) is 12.0 Å². The van der Waals surface area contributed by atoms with Crippen molar-refractivity contribution in [2.45, 2.75) is 12.5 Å². The van der Waals surface area contributed by atoms with Crippen LogP contribution in [0.1, 0.15) is 21.7 Å². The molecule has 1 saturated heterocycles. The fraction of sp³-hybridized carbons (Fsp3) is 0.231. The minimum atomic E-state index is -1.08. The highest BCUT2D eigenvalue weighted by molar-refractivity contribution is 7.11. The monoisotopic (exact) mass is 308 g/mol. The summed E-state index contributed by atoms with van der Waals surface area (Å²) < 4.78 is 0. The van der Waals surface area contributed by atoms with Crippen molar-refractivity contribution in [1.29, 1.82) is 0 Å². The molecule has 7 nitrogen and oxygen atoms in total. The standard InChI is InChI=1S/C13H12N2O5S/c1-15-10(16)5-9(13(15)20)14-12(19)7-4-8(21-6-7)2-3-11(17)18/h2-4,6,9H,5H2,1H3,(H,14,19)(H,17,18). The number of likely N-dealkylation sites (tertiary alicyclic amines) is 1. The Hall–Kier alpha value is -2.48. The fourth-order valence-electron chi connectivity index (χ4n) is 1.82. The highest BCUT2D eigenvalue weighted by atomic mass is 32.1. The number of likely N-dealkylation sites (N-methyl/N-ethyl adjacent to an activating group) is 1. The Kier molecular flexibility index (Phi) is 4.18. The number of thiophene rings is 1. The molecule has 3 amide bonds. The molecule has 1 aromatic rings. The third kappa shape index (κ3) is 3.34. The van der Waals surface area contributed by atoms with Crippen molar-refractivity contribution in [2.75, 3.05) is 7.05 Å². The Morgan fingerprint density at radius 3 is 2.76 bits per heavy atom. The molecule has 1 aromatic heterocycles. The molecule has 0 aliphatic carbocycles. The van der Waals surface area contributed by atoms with E-state index in [1.165, 1.54) is 30.5 Å². The second-order valence-electron chi connectivity index (χ2n) is 4.43. The van der Waals surface area contributed by atoms with Crippen LogP contribution in [0.2, 0.25) is 0 Å². The molecule has 1 aliphatic heterocycles. The van der Waals surface area contributed by atoms with Crippen LogP contribution in [0.25, 0.3) is 6.08 Å². The van der Waals surface area contributed by atoms with Crippen LogP contribution in [0.5, 0.6) is 0 Å². The summed E-state index contributed by atoms with van der Waals surface area (Å²) in [4.78, 5) is 47.0. The van der Waals surface area contributed by atoms with Gasteiger partial charge in [0.15, 0.2) is 0 Å². The quantitative estimate of drug-likeness (QED) is 0.616. The maximum atomic E-state index is 12.0. The summed E-state index contributed by atoms with van der Waals surface area (Å²) in [6.45, 7) is 0. The van der Waals surface area contributed by atoms with Crippen molar-refractivity contribution in [3.8, 4) is 0 Å². The summed E-state index contributed by atoms with van der Waals surface area (Å²) in [6, 6.07) is 0.678. The highest BCUT2D eigenvalue weighted by Gasteiger charge is 2.37. The van der Waals surface area contributed by atoms with Crippen LogP contribution in [-0.2, 0) is 14.4 Å². The van der Waals surface area contributed by atoms with Crippen LogP contribution in [0.15, 0.2) is 17.5 Å². The molecule has 0 radical (unpaired) electrons. The molecule has 1 unspecified atom stereocenters. The molecule has 8 heteroatoms. The topological polar surface area (TPSA) is 104 Å². The molecule has 21 heavy (non-hydrogen) atoms. The van der Waals surface area contributed by atoms with Crippen LogP contribution in [-0.4, -0.2) is 46.8 Å². The Labute approximate surface area is 123 Å². The van der Waals surface area contributed by atoms with E-state index in [4.69, 9.17) is 5.11 Å². The van der Waals surface area contributed by atoms with Crippen LogP contribution < -0.4 is 5.32 Å². The van der Waals surface area contributed by atoms with E-state index in [9.17, 15) is 19.2 Å². The van der Waals surface area contributed by atoms with Crippen molar-refractivity contribution in [3.63, 3.8) is 0 Å². The molecular formula is C13H12N2O5S. The number of carbonyl (C=O) groups excluding carboxylic acids is 3. The third-order valence-electron chi connectivity index (χ3n) is 2.96. The lowest BCUT2D eigenvalue weighted by molar-refractivity contribution is -0.137. The normalized spacial score (nSPS) is 18.5. The minimum Gasteiger partial charge on any atom is -0.478 e. The van der Waals surface area contributed by atoms with Crippen molar-refractivity contribution < 1.29 is 24.3 Å². The van der Waals surface area contributed by atoms with E-state index in [2.05, 4.69) is 5.32 Å². The van der Waals surface area contributed by atoms with Gasteiger partial charge in [0, 0.05) is 23.4 Å². The second-order valence-corrected chi connectivity index (χ2v) is 5.37. The van der Waals surface area contributed by atoms with Gasteiger partial charge >= 0.3 is 5.97 Å². The Morgan fingerprint density at radius 2 is 2.19 bits per heavy atom. The van der Waals surface area contributed by atoms with Gasteiger partial charge in [0.25, 0.3) is 11.8 Å². The molecule has 110 valence electrons. The zero-order chi connectivity index (χ0) is 15.6. The number of amides is 3. The number of rotatable bonds is 4. The van der Waals surface area contributed by atoms with E-state index in [-0.39, 0.29) is 12.3 Å². The number of imide groups is 1. The zero-order valence-corrected chi connectivity index (χ0v) is 11.8. The number of nitrogens with zero attached hydrogens (tertiary/aromatic N) is 1. The van der Waals surface area contributed by atoms with E-state index in [1.54, 1.807) is 5.38 Å². The zero-order valence-electron chi connectivity index (χ0n) is 11.0. The van der Waals surface area contributed by atoms with Crippen molar-refractivity contribution in [1.82, 2.24) is 10.2 Å². The lowest BCUT2D eigenvalue weighted by Crippen LogP contribution is -2.40. The van der Waals surface area contributed by atoms with Gasteiger partial charge in [-0.25, -0.2) is 4.79 Å². The number of carboxylic acids is 1. The number of hydrogen-bond donors (Lipinski definition) is 2. The fourth-order valence-corrected chi connectivity index (χ4v) is 2.60. The summed E-state index contributed by atoms with van der Waals surface area (Å²) in [6.07, 6.45) is 2.31. The molecule has 2 rings (SSSR count). The minimum absolute atomic E-state index is 0.0447. The maximum absolute atomic E-state index is 12.0. The van der Waals surface area contributed by atoms with Crippen LogP contribution in [0.4, 0.5) is 0 Å². The number of carboxylic acid groups (broad SMARTS) is 1. The van der Waals surface area contributed by atoms with Crippen LogP contribution in [0.3, 0.4) is 0 Å². The molecular weight excluding hydrogens is 296 g/mol. The lowest BCUT2D eigenvalue weighted by atomic mass is 10.2. The first kappa shape index (κ1) is 14.9. The van der Waals surface area contributed by atoms with Gasteiger partial charge in [0.1, 0.15) is 6.04 Å². The second kappa shape index (κ2) is 5.88. The van der Waals surface area contributed by atoms with Crippen molar-refractivity contribution in [2.24, 2.45) is 0 Å². The first-order valence-corrected chi connectivity index (χ1v) is 6.87. The third-order valence-corrected chi connectivity index (χ3v) is 3.86. The first-order chi connectivity index (χ1) is 9.88. The average Bonchev–Trinajstić information content (AvgIpc) is 2.99. The van der Waals surface area contributed by atoms with E-state index in [0.29, 0.717) is 10.4 Å². The predicted molar refractivity (Wildman–Crippen MR) is 74.6 cm³/mol. The summed E-state index contributed by atoms with van der Waals surface area (Å²) in [5, 5.41) is 12.6. The van der Waals surface area contributed by atoms with Crippen LogP contribution in [0, 0.1) is 0 Å². The number of nitrogens with one attached hydrogen (secondary N) is 1. The Morgan fingerprint density at radius 1 is 1.48 bits per heavy atom. The molecule has 0 aromatic carbocycles. The van der Waals surface area contributed by atoms with Gasteiger partial charge in [0.2, 0.25) is 5.91 Å². The first-order valence-electron chi connectivity index (χ1n) is 5.99. The smallest absolute Gasteiger partial charge is 0.328 e. The number of aliphatic carboxylic acids is 1. The van der Waals surface area contributed by atoms with Gasteiger partial charge in [-0.05, 0) is 12.1 Å². The van der Waals surface area contributed by atoms with Gasteiger partial charge < -0.3 is 10.4 Å². The van der Waals surface area contributed by atoms with Crippen molar-refractivity contribution >= 4 is 41.1 Å².